The summed E-state index contributed by atoms with van der Waals surface area (Å²) in [6.07, 6.45) is -1.97. The number of hydrogen-bond acceptors (Lipinski definition) is 6. The average molecular weight is 351 g/mol. The van der Waals surface area contributed by atoms with E-state index in [9.17, 15) is 19.8 Å². The van der Waals surface area contributed by atoms with E-state index in [1.54, 1.807) is 12.1 Å². The summed E-state index contributed by atoms with van der Waals surface area (Å²) in [7, 11) is 0. The molecule has 0 spiro atoms. The van der Waals surface area contributed by atoms with Crippen molar-refractivity contribution in [3.05, 3.63) is 35.4 Å². The number of esters is 2. The minimum absolute atomic E-state index is 0.00497. The lowest BCUT2D eigenvalue weighted by Gasteiger charge is -2.12. The molecule has 1 aromatic carbocycles. The highest BCUT2D eigenvalue weighted by atomic mass is 35.5. The third kappa shape index (κ3) is 5.81. The molecule has 8 heteroatoms. The molecule has 0 amide bonds. The zero-order valence-electron chi connectivity index (χ0n) is 11.6. The van der Waals surface area contributed by atoms with Crippen molar-refractivity contribution in [3.63, 3.8) is 0 Å². The minimum atomic E-state index is -0.983. The predicted octanol–water partition coefficient (Wildman–Crippen LogP) is 1.20. The maximum Gasteiger partial charge on any atom is 0.339 e. The molecule has 0 aliphatic heterocycles. The first-order valence-electron chi connectivity index (χ1n) is 6.41. The molecule has 22 heavy (non-hydrogen) atoms. The zero-order valence-corrected chi connectivity index (χ0v) is 13.1. The largest absolute Gasteiger partial charge is 0.459 e. The molecule has 1 aromatic rings. The van der Waals surface area contributed by atoms with Crippen LogP contribution in [0.25, 0.3) is 0 Å². The third-order valence-electron chi connectivity index (χ3n) is 2.54. The highest BCUT2D eigenvalue weighted by molar-refractivity contribution is 6.18. The van der Waals surface area contributed by atoms with Crippen LogP contribution in [0.4, 0.5) is 0 Å². The van der Waals surface area contributed by atoms with Crippen molar-refractivity contribution < 1.29 is 29.3 Å². The Morgan fingerprint density at radius 3 is 1.59 bits per heavy atom. The van der Waals surface area contributed by atoms with E-state index in [0.717, 1.165) is 0 Å². The molecular formula is C14H16Cl2O6. The predicted molar refractivity (Wildman–Crippen MR) is 80.5 cm³/mol. The number of aliphatic hydroxyl groups excluding tert-OH is 2. The van der Waals surface area contributed by atoms with Gasteiger partial charge in [-0.25, -0.2) is 9.59 Å². The van der Waals surface area contributed by atoms with Crippen LogP contribution in [0, 0.1) is 0 Å². The Morgan fingerprint density at radius 2 is 1.27 bits per heavy atom. The summed E-state index contributed by atoms with van der Waals surface area (Å²) < 4.78 is 9.73. The van der Waals surface area contributed by atoms with Gasteiger partial charge in [0, 0.05) is 0 Å². The Labute approximate surface area is 137 Å². The highest BCUT2D eigenvalue weighted by Crippen LogP contribution is 2.12. The van der Waals surface area contributed by atoms with E-state index in [1.165, 1.54) is 12.1 Å². The molecule has 0 radical (unpaired) electrons. The van der Waals surface area contributed by atoms with Crippen molar-refractivity contribution in [1.82, 2.24) is 0 Å². The molecule has 0 saturated carbocycles. The highest BCUT2D eigenvalue weighted by Gasteiger charge is 2.20. The Morgan fingerprint density at radius 1 is 0.909 bits per heavy atom. The summed E-state index contributed by atoms with van der Waals surface area (Å²) >= 11 is 10.8. The molecule has 6 nitrogen and oxygen atoms in total. The van der Waals surface area contributed by atoms with E-state index in [4.69, 9.17) is 32.7 Å². The average Bonchev–Trinajstić information content (AvgIpc) is 2.56. The van der Waals surface area contributed by atoms with Gasteiger partial charge in [0.05, 0.1) is 22.9 Å². The number of aliphatic hydroxyl groups is 2. The van der Waals surface area contributed by atoms with Crippen molar-refractivity contribution in [3.8, 4) is 0 Å². The van der Waals surface area contributed by atoms with E-state index >= 15 is 0 Å². The number of halogens is 2. The quantitative estimate of drug-likeness (QED) is 0.540. The summed E-state index contributed by atoms with van der Waals surface area (Å²) in [6.45, 7) is -0.562. The Balaban J connectivity index is 2.76. The van der Waals surface area contributed by atoms with Gasteiger partial charge in [-0.2, -0.15) is 0 Å². The Bertz CT molecular complexity index is 463. The molecule has 0 aliphatic rings. The normalized spacial score (nSPS) is 13.3. The smallest absolute Gasteiger partial charge is 0.339 e. The Kier molecular flexibility index (Phi) is 8.19. The Hall–Kier alpha value is -1.34. The second-order valence-electron chi connectivity index (χ2n) is 4.36. The summed E-state index contributed by atoms with van der Waals surface area (Å²) in [5.74, 6) is -1.72. The van der Waals surface area contributed by atoms with Gasteiger partial charge in [-0.3, -0.25) is 0 Å². The number of benzene rings is 1. The van der Waals surface area contributed by atoms with Crippen LogP contribution >= 0.6 is 23.2 Å². The van der Waals surface area contributed by atoms with Gasteiger partial charge in [0.15, 0.2) is 0 Å². The first kappa shape index (κ1) is 18.7. The first-order valence-corrected chi connectivity index (χ1v) is 7.47. The van der Waals surface area contributed by atoms with E-state index < -0.39 is 24.1 Å². The van der Waals surface area contributed by atoms with E-state index in [1.807, 2.05) is 0 Å². The first-order chi connectivity index (χ1) is 10.5. The number of hydrogen-bond donors (Lipinski definition) is 2. The van der Waals surface area contributed by atoms with Crippen LogP contribution in [-0.2, 0) is 9.47 Å². The van der Waals surface area contributed by atoms with Gasteiger partial charge in [0.1, 0.15) is 25.4 Å². The molecule has 2 N–H and O–H groups in total. The van der Waals surface area contributed by atoms with Gasteiger partial charge in [-0.05, 0) is 12.1 Å². The summed E-state index contributed by atoms with van der Waals surface area (Å²) in [6, 6.07) is 5.89. The second-order valence-corrected chi connectivity index (χ2v) is 4.98. The fraction of sp³-hybridized carbons (Fsp3) is 0.429. The molecule has 0 saturated heterocycles. The number of ether oxygens (including phenoxy) is 2. The van der Waals surface area contributed by atoms with Crippen molar-refractivity contribution in [1.29, 1.82) is 0 Å². The molecule has 0 heterocycles. The SMILES string of the molecule is O=C(OCC(O)CCl)c1ccccc1C(=O)OCC(O)CCl. The van der Waals surface area contributed by atoms with Crippen molar-refractivity contribution in [2.45, 2.75) is 12.2 Å². The third-order valence-corrected chi connectivity index (χ3v) is 3.25. The van der Waals surface area contributed by atoms with Crippen LogP contribution in [0.5, 0.6) is 0 Å². The standard InChI is InChI=1S/C14H16Cl2O6/c15-5-9(17)7-21-13(19)11-3-1-2-4-12(11)14(20)22-8-10(18)6-16/h1-4,9-10,17-18H,5-8H2. The molecule has 2 atom stereocenters. The lowest BCUT2D eigenvalue weighted by molar-refractivity contribution is 0.0264. The van der Waals surface area contributed by atoms with Crippen molar-refractivity contribution in [2.24, 2.45) is 0 Å². The monoisotopic (exact) mass is 350 g/mol. The molecule has 0 aliphatic carbocycles. The fourth-order valence-electron chi connectivity index (χ4n) is 1.43. The van der Waals surface area contributed by atoms with Crippen LogP contribution in [0.1, 0.15) is 20.7 Å². The molecule has 122 valence electrons. The van der Waals surface area contributed by atoms with E-state index in [2.05, 4.69) is 0 Å². The van der Waals surface area contributed by atoms with E-state index in [0.29, 0.717) is 0 Å². The molecule has 0 bridgehead atoms. The van der Waals surface area contributed by atoms with Crippen LogP contribution in [-0.4, -0.2) is 59.3 Å². The molecule has 2 unspecified atom stereocenters. The van der Waals surface area contributed by atoms with Crippen LogP contribution in [0.3, 0.4) is 0 Å². The molecular weight excluding hydrogens is 335 g/mol. The van der Waals surface area contributed by atoms with Crippen LogP contribution in [0.2, 0.25) is 0 Å². The van der Waals surface area contributed by atoms with Crippen LogP contribution < -0.4 is 0 Å². The molecule has 0 aromatic heterocycles. The summed E-state index contributed by atoms with van der Waals surface area (Å²) in [4.78, 5) is 23.9. The lowest BCUT2D eigenvalue weighted by Crippen LogP contribution is -2.23. The van der Waals surface area contributed by atoms with E-state index in [-0.39, 0.29) is 36.1 Å². The minimum Gasteiger partial charge on any atom is -0.459 e. The fourth-order valence-corrected chi connectivity index (χ4v) is 1.61. The summed E-state index contributed by atoms with van der Waals surface area (Å²) in [5.41, 5.74) is -0.00993. The van der Waals surface area contributed by atoms with Crippen molar-refractivity contribution in [2.75, 3.05) is 25.0 Å². The molecule has 1 rings (SSSR count). The van der Waals surface area contributed by atoms with Crippen molar-refractivity contribution >= 4 is 35.1 Å². The van der Waals surface area contributed by atoms with Gasteiger partial charge in [0.25, 0.3) is 0 Å². The van der Waals surface area contributed by atoms with Gasteiger partial charge in [0.2, 0.25) is 0 Å². The summed E-state index contributed by atoms with van der Waals surface area (Å²) in [5, 5.41) is 18.5. The maximum absolute atomic E-state index is 11.9. The van der Waals surface area contributed by atoms with Gasteiger partial charge in [-0.15, -0.1) is 23.2 Å². The lowest BCUT2D eigenvalue weighted by atomic mass is 10.1. The number of alkyl halides is 2. The second kappa shape index (κ2) is 9.63. The van der Waals surface area contributed by atoms with Gasteiger partial charge in [-0.1, -0.05) is 12.1 Å². The number of carbonyl (C=O) groups excluding carboxylic acids is 2. The van der Waals surface area contributed by atoms with Crippen LogP contribution in [0.15, 0.2) is 24.3 Å². The maximum atomic E-state index is 11.9. The number of carbonyl (C=O) groups is 2. The molecule has 0 fully saturated rings. The van der Waals surface area contributed by atoms with Gasteiger partial charge < -0.3 is 19.7 Å². The zero-order chi connectivity index (χ0) is 16.5. The topological polar surface area (TPSA) is 93.1 Å². The number of rotatable bonds is 8. The van der Waals surface area contributed by atoms with Gasteiger partial charge >= 0.3 is 11.9 Å².